The Labute approximate surface area is 117 Å². The van der Waals surface area contributed by atoms with Crippen LogP contribution in [-0.2, 0) is 24.3 Å². The second kappa shape index (κ2) is 7.01. The molecule has 1 aromatic rings. The highest BCUT2D eigenvalue weighted by Crippen LogP contribution is 2.19. The number of para-hydroxylation sites is 1. The summed E-state index contributed by atoms with van der Waals surface area (Å²) in [4.78, 5) is 22.6. The molecule has 0 aliphatic carbocycles. The molecular weight excluding hydrogens is 284 g/mol. The maximum Gasteiger partial charge on any atom is 0.306 e. The largest absolute Gasteiger partial charge is 0.466 e. The Morgan fingerprint density at radius 3 is 2.50 bits per heavy atom. The van der Waals surface area contributed by atoms with Crippen LogP contribution < -0.4 is 10.5 Å². The number of hydrogen-bond acceptors (Lipinski definition) is 5. The van der Waals surface area contributed by atoms with Gasteiger partial charge in [-0.1, -0.05) is 12.1 Å². The molecule has 8 heteroatoms. The van der Waals surface area contributed by atoms with Gasteiger partial charge in [-0.15, -0.1) is 0 Å². The highest BCUT2D eigenvalue weighted by atomic mass is 32.2. The summed E-state index contributed by atoms with van der Waals surface area (Å²) in [5.74, 6) is -0.975. The van der Waals surface area contributed by atoms with Crippen LogP contribution in [0.2, 0.25) is 0 Å². The van der Waals surface area contributed by atoms with Crippen LogP contribution in [0.15, 0.2) is 29.2 Å². The van der Waals surface area contributed by atoms with Crippen LogP contribution in [-0.4, -0.2) is 26.9 Å². The van der Waals surface area contributed by atoms with E-state index in [4.69, 9.17) is 5.14 Å². The van der Waals surface area contributed by atoms with Gasteiger partial charge in [0.15, 0.2) is 0 Å². The van der Waals surface area contributed by atoms with Crippen molar-refractivity contribution < 1.29 is 22.7 Å². The normalized spacial score (nSPS) is 10.9. The molecule has 0 saturated heterocycles. The summed E-state index contributed by atoms with van der Waals surface area (Å²) in [5, 5.41) is 7.45. The van der Waals surface area contributed by atoms with Crippen molar-refractivity contribution in [2.45, 2.75) is 24.7 Å². The number of rotatable bonds is 6. The average Bonchev–Trinajstić information content (AvgIpc) is 2.36. The molecule has 0 spiro atoms. The quantitative estimate of drug-likeness (QED) is 0.747. The highest BCUT2D eigenvalue weighted by Gasteiger charge is 2.15. The number of hydrogen-bond donors (Lipinski definition) is 2. The predicted molar refractivity (Wildman–Crippen MR) is 72.3 cm³/mol. The summed E-state index contributed by atoms with van der Waals surface area (Å²) in [6.07, 6.45) is -0.172. The van der Waals surface area contributed by atoms with E-state index in [1.165, 1.54) is 18.2 Å². The minimum Gasteiger partial charge on any atom is -0.466 e. The van der Waals surface area contributed by atoms with E-state index in [-0.39, 0.29) is 30.0 Å². The van der Waals surface area contributed by atoms with Gasteiger partial charge in [0.05, 0.1) is 18.7 Å². The Hall–Kier alpha value is -1.93. The van der Waals surface area contributed by atoms with E-state index in [1.54, 1.807) is 13.0 Å². The van der Waals surface area contributed by atoms with Crippen molar-refractivity contribution in [3.8, 4) is 0 Å². The lowest BCUT2D eigenvalue weighted by atomic mass is 10.2. The molecule has 0 aliphatic heterocycles. The summed E-state index contributed by atoms with van der Waals surface area (Å²) >= 11 is 0. The second-order valence-electron chi connectivity index (χ2n) is 3.89. The van der Waals surface area contributed by atoms with Crippen molar-refractivity contribution >= 4 is 27.6 Å². The predicted octanol–water partition coefficient (Wildman–Crippen LogP) is 0.616. The zero-order valence-corrected chi connectivity index (χ0v) is 11.8. The first kappa shape index (κ1) is 16.1. The van der Waals surface area contributed by atoms with E-state index in [9.17, 15) is 18.0 Å². The van der Waals surface area contributed by atoms with Gasteiger partial charge in [0.2, 0.25) is 15.9 Å². The SMILES string of the molecule is CCOC(=O)CCC(=O)Nc1ccccc1S(N)(=O)=O. The molecule has 1 aromatic carbocycles. The topological polar surface area (TPSA) is 116 Å². The van der Waals surface area contributed by atoms with Crippen LogP contribution in [0.5, 0.6) is 0 Å². The third-order valence-corrected chi connectivity index (χ3v) is 3.30. The number of primary sulfonamides is 1. The fraction of sp³-hybridized carbons (Fsp3) is 0.333. The number of amides is 1. The maximum atomic E-state index is 11.6. The first-order valence-corrected chi connectivity index (χ1v) is 7.46. The fourth-order valence-electron chi connectivity index (χ4n) is 1.48. The fourth-order valence-corrected chi connectivity index (χ4v) is 2.17. The lowest BCUT2D eigenvalue weighted by Gasteiger charge is -2.09. The summed E-state index contributed by atoms with van der Waals surface area (Å²) in [6.45, 7) is 1.91. The number of esters is 1. The number of ether oxygens (including phenoxy) is 1. The van der Waals surface area contributed by atoms with Crippen LogP contribution in [0, 0.1) is 0 Å². The molecule has 20 heavy (non-hydrogen) atoms. The van der Waals surface area contributed by atoms with Gasteiger partial charge in [-0.3, -0.25) is 9.59 Å². The van der Waals surface area contributed by atoms with E-state index >= 15 is 0 Å². The van der Waals surface area contributed by atoms with Crippen LogP contribution >= 0.6 is 0 Å². The standard InChI is InChI=1S/C12H16N2O5S/c1-2-19-12(16)8-7-11(15)14-9-5-3-4-6-10(9)20(13,17)18/h3-6H,2,7-8H2,1H3,(H,14,15)(H2,13,17,18). The third-order valence-electron chi connectivity index (χ3n) is 2.33. The summed E-state index contributed by atoms with van der Waals surface area (Å²) in [6, 6.07) is 5.77. The number of nitrogens with two attached hydrogens (primary N) is 1. The lowest BCUT2D eigenvalue weighted by Crippen LogP contribution is -2.19. The summed E-state index contributed by atoms with van der Waals surface area (Å²) in [5.41, 5.74) is 0.0869. The zero-order valence-electron chi connectivity index (χ0n) is 11.0. The van der Waals surface area contributed by atoms with Gasteiger partial charge in [0, 0.05) is 6.42 Å². The molecule has 3 N–H and O–H groups in total. The Bertz CT molecular complexity index is 598. The van der Waals surface area contributed by atoms with Crippen molar-refractivity contribution in [3.05, 3.63) is 24.3 Å². The molecule has 0 atom stereocenters. The van der Waals surface area contributed by atoms with E-state index in [0.717, 1.165) is 0 Å². The number of benzene rings is 1. The lowest BCUT2D eigenvalue weighted by molar-refractivity contribution is -0.144. The van der Waals surface area contributed by atoms with E-state index in [2.05, 4.69) is 10.1 Å². The molecular formula is C12H16N2O5S. The van der Waals surface area contributed by atoms with E-state index in [0.29, 0.717) is 0 Å². The zero-order chi connectivity index (χ0) is 15.2. The Kier molecular flexibility index (Phi) is 5.66. The minimum absolute atomic E-state index is 0.0722. The van der Waals surface area contributed by atoms with Crippen molar-refractivity contribution in [2.24, 2.45) is 5.14 Å². The van der Waals surface area contributed by atoms with Gasteiger partial charge in [0.25, 0.3) is 0 Å². The van der Waals surface area contributed by atoms with Gasteiger partial charge in [-0.05, 0) is 19.1 Å². The van der Waals surface area contributed by atoms with Crippen molar-refractivity contribution in [3.63, 3.8) is 0 Å². The van der Waals surface area contributed by atoms with Gasteiger partial charge < -0.3 is 10.1 Å². The molecule has 1 rings (SSSR count). The Morgan fingerprint density at radius 1 is 1.25 bits per heavy atom. The maximum absolute atomic E-state index is 11.6. The third kappa shape index (κ3) is 4.98. The number of sulfonamides is 1. The van der Waals surface area contributed by atoms with Gasteiger partial charge >= 0.3 is 5.97 Å². The van der Waals surface area contributed by atoms with E-state index < -0.39 is 21.9 Å². The molecule has 0 heterocycles. The Balaban J connectivity index is 2.70. The number of anilines is 1. The van der Waals surface area contributed by atoms with Crippen LogP contribution in [0.1, 0.15) is 19.8 Å². The van der Waals surface area contributed by atoms with Gasteiger partial charge in [-0.25, -0.2) is 13.6 Å². The average molecular weight is 300 g/mol. The van der Waals surface area contributed by atoms with Crippen molar-refractivity contribution in [1.29, 1.82) is 0 Å². The van der Waals surface area contributed by atoms with Crippen molar-refractivity contribution in [1.82, 2.24) is 0 Å². The molecule has 0 radical (unpaired) electrons. The van der Waals surface area contributed by atoms with Gasteiger partial charge in [-0.2, -0.15) is 0 Å². The molecule has 0 fully saturated rings. The van der Waals surface area contributed by atoms with Crippen LogP contribution in [0.4, 0.5) is 5.69 Å². The smallest absolute Gasteiger partial charge is 0.306 e. The molecule has 0 saturated carbocycles. The molecule has 0 unspecified atom stereocenters. The first-order valence-electron chi connectivity index (χ1n) is 5.92. The number of nitrogens with one attached hydrogen (secondary N) is 1. The van der Waals surface area contributed by atoms with E-state index in [1.807, 2.05) is 0 Å². The first-order chi connectivity index (χ1) is 9.34. The molecule has 0 aliphatic rings. The minimum atomic E-state index is -3.93. The van der Waals surface area contributed by atoms with Crippen LogP contribution in [0.25, 0.3) is 0 Å². The van der Waals surface area contributed by atoms with Crippen LogP contribution in [0.3, 0.4) is 0 Å². The molecule has 0 bridgehead atoms. The highest BCUT2D eigenvalue weighted by molar-refractivity contribution is 7.89. The molecule has 0 aromatic heterocycles. The summed E-state index contributed by atoms with van der Waals surface area (Å²) in [7, 11) is -3.93. The molecule has 7 nitrogen and oxygen atoms in total. The number of carbonyl (C=O) groups is 2. The van der Waals surface area contributed by atoms with Gasteiger partial charge in [0.1, 0.15) is 4.90 Å². The molecule has 110 valence electrons. The van der Waals surface area contributed by atoms with Crippen molar-refractivity contribution in [2.75, 3.05) is 11.9 Å². The Morgan fingerprint density at radius 2 is 1.90 bits per heavy atom. The second-order valence-corrected chi connectivity index (χ2v) is 5.42. The number of carbonyl (C=O) groups excluding carboxylic acids is 2. The monoisotopic (exact) mass is 300 g/mol. The molecule has 1 amide bonds. The summed E-state index contributed by atoms with van der Waals surface area (Å²) < 4.78 is 27.4.